The Hall–Kier alpha value is -3.41. The number of anilines is 1. The SMILES string of the molecule is N#CC(C#N)=c1nc(-c2ccccc2)/c(=C/c2cc3c4c(c2)CCCN4CCC3)s1. The summed E-state index contributed by atoms with van der Waals surface area (Å²) in [6.07, 6.45) is 6.83. The second kappa shape index (κ2) is 7.78. The lowest BCUT2D eigenvalue weighted by atomic mass is 9.90. The summed E-state index contributed by atoms with van der Waals surface area (Å²) in [5.41, 5.74) is 7.40. The van der Waals surface area contributed by atoms with Crippen molar-refractivity contribution in [2.24, 2.45) is 0 Å². The van der Waals surface area contributed by atoms with Crippen LogP contribution in [0.25, 0.3) is 22.9 Å². The molecule has 0 spiro atoms. The number of rotatable bonds is 2. The Morgan fingerprint density at radius 3 is 2.30 bits per heavy atom. The second-order valence-electron chi connectivity index (χ2n) is 7.72. The van der Waals surface area contributed by atoms with Gasteiger partial charge in [-0.3, -0.25) is 0 Å². The number of thiazole rings is 1. The van der Waals surface area contributed by atoms with Gasteiger partial charge in [-0.25, -0.2) is 4.98 Å². The smallest absolute Gasteiger partial charge is 0.165 e. The van der Waals surface area contributed by atoms with Gasteiger partial charge in [-0.2, -0.15) is 10.5 Å². The van der Waals surface area contributed by atoms with Crippen molar-refractivity contribution in [3.05, 3.63) is 68.4 Å². The van der Waals surface area contributed by atoms with Crippen molar-refractivity contribution >= 4 is 28.7 Å². The van der Waals surface area contributed by atoms with Crippen molar-refractivity contribution in [2.45, 2.75) is 25.7 Å². The number of nitrogens with zero attached hydrogens (tertiary/aromatic N) is 4. The maximum atomic E-state index is 9.31. The van der Waals surface area contributed by atoms with Gasteiger partial charge in [-0.05, 0) is 60.6 Å². The zero-order valence-electron chi connectivity index (χ0n) is 16.6. The fourth-order valence-corrected chi connectivity index (χ4v) is 5.52. The number of hydrogen-bond acceptors (Lipinski definition) is 5. The first-order valence-corrected chi connectivity index (χ1v) is 11.1. The van der Waals surface area contributed by atoms with E-state index in [1.165, 1.54) is 59.6 Å². The molecule has 0 saturated heterocycles. The zero-order valence-corrected chi connectivity index (χ0v) is 17.4. The molecule has 2 aromatic carbocycles. The average Bonchev–Trinajstić information content (AvgIpc) is 3.19. The highest BCUT2D eigenvalue weighted by molar-refractivity contribution is 7.08. The molecule has 1 aromatic heterocycles. The van der Waals surface area contributed by atoms with Crippen LogP contribution in [0.3, 0.4) is 0 Å². The molecule has 4 nitrogen and oxygen atoms in total. The van der Waals surface area contributed by atoms with Crippen molar-refractivity contribution < 1.29 is 0 Å². The van der Waals surface area contributed by atoms with Crippen LogP contribution in [0.1, 0.15) is 29.5 Å². The highest BCUT2D eigenvalue weighted by Gasteiger charge is 2.23. The van der Waals surface area contributed by atoms with Crippen LogP contribution in [-0.4, -0.2) is 18.1 Å². The van der Waals surface area contributed by atoms with E-state index in [2.05, 4.69) is 28.1 Å². The van der Waals surface area contributed by atoms with Crippen molar-refractivity contribution in [2.75, 3.05) is 18.0 Å². The Labute approximate surface area is 179 Å². The summed E-state index contributed by atoms with van der Waals surface area (Å²) < 4.78 is 1.46. The summed E-state index contributed by atoms with van der Waals surface area (Å²) >= 11 is 1.41. The van der Waals surface area contributed by atoms with Crippen LogP contribution < -0.4 is 14.1 Å². The van der Waals surface area contributed by atoms with Crippen molar-refractivity contribution in [3.8, 4) is 23.4 Å². The summed E-state index contributed by atoms with van der Waals surface area (Å²) in [4.78, 5) is 7.21. The minimum absolute atomic E-state index is 0.0630. The molecule has 0 aliphatic carbocycles. The van der Waals surface area contributed by atoms with Crippen LogP contribution in [0.15, 0.2) is 42.5 Å². The van der Waals surface area contributed by atoms with E-state index in [0.717, 1.165) is 28.6 Å². The quantitative estimate of drug-likeness (QED) is 0.651. The maximum Gasteiger partial charge on any atom is 0.165 e. The first-order chi connectivity index (χ1) is 14.8. The lowest BCUT2D eigenvalue weighted by Gasteiger charge is -2.37. The van der Waals surface area contributed by atoms with E-state index in [-0.39, 0.29) is 5.57 Å². The molecule has 0 N–H and O–H groups in total. The number of aryl methyl sites for hydroxylation is 2. The Balaban J connectivity index is 1.72. The van der Waals surface area contributed by atoms with E-state index < -0.39 is 0 Å². The van der Waals surface area contributed by atoms with Crippen molar-refractivity contribution in [3.63, 3.8) is 0 Å². The van der Waals surface area contributed by atoms with Gasteiger partial charge in [-0.15, -0.1) is 11.3 Å². The summed E-state index contributed by atoms with van der Waals surface area (Å²) in [7, 11) is 0. The topological polar surface area (TPSA) is 63.7 Å². The molecule has 5 heteroatoms. The molecule has 0 amide bonds. The van der Waals surface area contributed by atoms with Gasteiger partial charge in [-0.1, -0.05) is 30.3 Å². The van der Waals surface area contributed by atoms with Gasteiger partial charge in [0.25, 0.3) is 0 Å². The van der Waals surface area contributed by atoms with Gasteiger partial charge < -0.3 is 4.90 Å². The molecule has 0 atom stereocenters. The molecular weight excluding hydrogens is 388 g/mol. The molecule has 0 bridgehead atoms. The average molecular weight is 409 g/mol. The lowest BCUT2D eigenvalue weighted by Crippen LogP contribution is -2.34. The normalized spacial score (nSPS) is 15.3. The standard InChI is InChI=1S/C25H20N4S/c26-15-21(16-27)25-28-23(18-6-2-1-3-7-18)22(30-25)14-17-12-19-8-4-10-29-11-5-9-20(13-17)24(19)29/h1-3,6-7,12-14H,4-5,8-11H2/b22-14-. The van der Waals surface area contributed by atoms with Crippen LogP contribution in [0.2, 0.25) is 0 Å². The van der Waals surface area contributed by atoms with E-state index >= 15 is 0 Å². The Morgan fingerprint density at radius 1 is 1.00 bits per heavy atom. The van der Waals surface area contributed by atoms with E-state index in [9.17, 15) is 10.5 Å². The maximum absolute atomic E-state index is 9.31. The molecular formula is C25H20N4S. The second-order valence-corrected chi connectivity index (χ2v) is 8.75. The molecule has 5 rings (SSSR count). The third-order valence-corrected chi connectivity index (χ3v) is 6.81. The molecule has 0 radical (unpaired) electrons. The number of benzene rings is 2. The van der Waals surface area contributed by atoms with Gasteiger partial charge in [0.15, 0.2) is 5.57 Å². The van der Waals surface area contributed by atoms with Crippen LogP contribution in [0, 0.1) is 22.7 Å². The molecule has 3 aromatic rings. The fourth-order valence-electron chi connectivity index (χ4n) is 4.53. The predicted octanol–water partition coefficient (Wildman–Crippen LogP) is 3.54. The van der Waals surface area contributed by atoms with Gasteiger partial charge in [0.2, 0.25) is 0 Å². The summed E-state index contributed by atoms with van der Waals surface area (Å²) in [6, 6.07) is 18.5. The number of nitriles is 2. The minimum atomic E-state index is 0.0630. The minimum Gasteiger partial charge on any atom is -0.371 e. The first-order valence-electron chi connectivity index (χ1n) is 10.3. The summed E-state index contributed by atoms with van der Waals surface area (Å²) in [6.45, 7) is 2.33. The molecule has 3 heterocycles. The van der Waals surface area contributed by atoms with Crippen LogP contribution >= 0.6 is 11.3 Å². The van der Waals surface area contributed by atoms with Crippen LogP contribution in [0.5, 0.6) is 0 Å². The molecule has 2 aliphatic heterocycles. The van der Waals surface area contributed by atoms with E-state index in [1.807, 2.05) is 42.5 Å². The highest BCUT2D eigenvalue weighted by Crippen LogP contribution is 2.36. The summed E-state index contributed by atoms with van der Waals surface area (Å²) in [5, 5.41) is 18.6. The number of aromatic nitrogens is 1. The van der Waals surface area contributed by atoms with E-state index in [0.29, 0.717) is 4.66 Å². The largest absolute Gasteiger partial charge is 0.371 e. The summed E-state index contributed by atoms with van der Waals surface area (Å²) in [5.74, 6) is 0. The Bertz CT molecular complexity index is 1280. The first kappa shape index (κ1) is 18.6. The van der Waals surface area contributed by atoms with Gasteiger partial charge in [0, 0.05) is 24.3 Å². The Morgan fingerprint density at radius 2 is 1.67 bits per heavy atom. The predicted molar refractivity (Wildman–Crippen MR) is 120 cm³/mol. The third-order valence-electron chi connectivity index (χ3n) is 5.79. The Kier molecular flexibility index (Phi) is 4.83. The number of hydrogen-bond donors (Lipinski definition) is 0. The monoisotopic (exact) mass is 408 g/mol. The molecule has 0 fully saturated rings. The van der Waals surface area contributed by atoms with E-state index in [4.69, 9.17) is 0 Å². The molecule has 0 unspecified atom stereocenters. The highest BCUT2D eigenvalue weighted by atomic mass is 32.1. The van der Waals surface area contributed by atoms with Crippen LogP contribution in [0.4, 0.5) is 5.69 Å². The van der Waals surface area contributed by atoms with Crippen molar-refractivity contribution in [1.82, 2.24) is 4.98 Å². The van der Waals surface area contributed by atoms with Crippen LogP contribution in [-0.2, 0) is 12.8 Å². The fraction of sp³-hybridized carbons (Fsp3) is 0.240. The molecule has 2 aliphatic rings. The molecule has 146 valence electrons. The van der Waals surface area contributed by atoms with E-state index in [1.54, 1.807) is 0 Å². The molecule has 0 saturated carbocycles. The van der Waals surface area contributed by atoms with Gasteiger partial charge >= 0.3 is 0 Å². The van der Waals surface area contributed by atoms with Gasteiger partial charge in [0.1, 0.15) is 16.8 Å². The third kappa shape index (κ3) is 3.28. The lowest BCUT2D eigenvalue weighted by molar-refractivity contribution is 0.634. The molecule has 30 heavy (non-hydrogen) atoms. The zero-order chi connectivity index (χ0) is 20.5. The van der Waals surface area contributed by atoms with Gasteiger partial charge in [0.05, 0.1) is 10.2 Å². The van der Waals surface area contributed by atoms with Crippen molar-refractivity contribution in [1.29, 1.82) is 10.5 Å².